The van der Waals surface area contributed by atoms with Crippen LogP contribution in [0.15, 0.2) is 47.6 Å². The molecule has 4 nitrogen and oxygen atoms in total. The molecule has 1 heterocycles. The Morgan fingerprint density at radius 2 is 1.90 bits per heavy atom. The van der Waals surface area contributed by atoms with Crippen molar-refractivity contribution in [2.45, 2.75) is 0 Å². The lowest BCUT2D eigenvalue weighted by atomic mass is 10.1. The van der Waals surface area contributed by atoms with Crippen molar-refractivity contribution < 1.29 is 4.74 Å². The van der Waals surface area contributed by atoms with E-state index >= 15 is 0 Å². The predicted octanol–water partition coefficient (Wildman–Crippen LogP) is 2.38. The van der Waals surface area contributed by atoms with Crippen LogP contribution in [0.25, 0.3) is 10.8 Å². The standard InChI is InChI=1S/C16H17N3OS/c21-16(19-7-9-20-10-8-19)18-17-12-13-5-6-14-3-1-2-4-15(14)11-13/h1-6,11-12H,7-10H2,(H,18,21)/b17-12+. The molecule has 5 heteroatoms. The third-order valence-electron chi connectivity index (χ3n) is 3.45. The van der Waals surface area contributed by atoms with Crippen LogP contribution < -0.4 is 5.43 Å². The van der Waals surface area contributed by atoms with Gasteiger partial charge < -0.3 is 9.64 Å². The highest BCUT2D eigenvalue weighted by Crippen LogP contribution is 2.14. The van der Waals surface area contributed by atoms with Gasteiger partial charge in [0.1, 0.15) is 0 Å². The Hall–Kier alpha value is -1.98. The summed E-state index contributed by atoms with van der Waals surface area (Å²) in [6, 6.07) is 14.5. The zero-order valence-corrected chi connectivity index (χ0v) is 12.5. The van der Waals surface area contributed by atoms with Gasteiger partial charge in [-0.1, -0.05) is 36.4 Å². The van der Waals surface area contributed by atoms with Gasteiger partial charge in [0.2, 0.25) is 0 Å². The Balaban J connectivity index is 1.63. The molecular formula is C16H17N3OS. The molecule has 0 unspecified atom stereocenters. The minimum absolute atomic E-state index is 0.648. The second-order valence-electron chi connectivity index (χ2n) is 4.88. The third-order valence-corrected chi connectivity index (χ3v) is 3.80. The Kier molecular flexibility index (Phi) is 4.43. The van der Waals surface area contributed by atoms with Crippen molar-refractivity contribution in [3.63, 3.8) is 0 Å². The minimum Gasteiger partial charge on any atom is -0.378 e. The van der Waals surface area contributed by atoms with E-state index in [-0.39, 0.29) is 0 Å². The Morgan fingerprint density at radius 3 is 2.71 bits per heavy atom. The zero-order valence-electron chi connectivity index (χ0n) is 11.7. The Bertz CT molecular complexity index is 665. The maximum Gasteiger partial charge on any atom is 0.189 e. The number of ether oxygens (including phenoxy) is 1. The number of benzene rings is 2. The van der Waals surface area contributed by atoms with Crippen LogP contribution in [0.3, 0.4) is 0 Å². The molecule has 0 saturated carbocycles. The average Bonchev–Trinajstić information content (AvgIpc) is 2.55. The topological polar surface area (TPSA) is 36.9 Å². The highest BCUT2D eigenvalue weighted by molar-refractivity contribution is 7.80. The van der Waals surface area contributed by atoms with E-state index in [4.69, 9.17) is 17.0 Å². The molecule has 0 bridgehead atoms. The summed E-state index contributed by atoms with van der Waals surface area (Å²) in [4.78, 5) is 2.07. The van der Waals surface area contributed by atoms with Crippen LogP contribution in [0, 0.1) is 0 Å². The van der Waals surface area contributed by atoms with Gasteiger partial charge in [-0.2, -0.15) is 5.10 Å². The Labute approximate surface area is 129 Å². The van der Waals surface area contributed by atoms with E-state index in [1.165, 1.54) is 10.8 Å². The summed E-state index contributed by atoms with van der Waals surface area (Å²) in [5, 5.41) is 7.31. The quantitative estimate of drug-likeness (QED) is 0.525. The molecule has 108 valence electrons. The lowest BCUT2D eigenvalue weighted by molar-refractivity contribution is 0.0677. The van der Waals surface area contributed by atoms with Gasteiger partial charge in [-0.3, -0.25) is 5.43 Å². The third kappa shape index (κ3) is 3.56. The van der Waals surface area contributed by atoms with Crippen LogP contribution in [0.2, 0.25) is 0 Å². The second kappa shape index (κ2) is 6.65. The molecule has 1 fully saturated rings. The molecule has 1 saturated heterocycles. The molecule has 0 aliphatic carbocycles. The van der Waals surface area contributed by atoms with Gasteiger partial charge in [0.25, 0.3) is 0 Å². The Morgan fingerprint density at radius 1 is 1.14 bits per heavy atom. The summed E-state index contributed by atoms with van der Waals surface area (Å²) in [7, 11) is 0. The molecule has 0 atom stereocenters. The summed E-state index contributed by atoms with van der Waals surface area (Å²) in [6.45, 7) is 3.07. The van der Waals surface area contributed by atoms with E-state index in [9.17, 15) is 0 Å². The molecule has 2 aromatic rings. The van der Waals surface area contributed by atoms with Crippen molar-refractivity contribution >= 4 is 34.3 Å². The molecule has 0 spiro atoms. The number of hydrazone groups is 1. The molecule has 21 heavy (non-hydrogen) atoms. The largest absolute Gasteiger partial charge is 0.378 e. The first kappa shape index (κ1) is 14.0. The number of fused-ring (bicyclic) bond motifs is 1. The number of morpholine rings is 1. The second-order valence-corrected chi connectivity index (χ2v) is 5.27. The maximum atomic E-state index is 5.31. The molecule has 1 N–H and O–H groups in total. The SMILES string of the molecule is S=C(N/N=C/c1ccc2ccccc2c1)N1CCOCC1. The molecule has 0 radical (unpaired) electrons. The number of hydrogen-bond donors (Lipinski definition) is 1. The molecule has 1 aliphatic heterocycles. The van der Waals surface area contributed by atoms with Gasteiger partial charge in [0.05, 0.1) is 19.4 Å². The van der Waals surface area contributed by atoms with Crippen LogP contribution in [0.1, 0.15) is 5.56 Å². The molecule has 3 rings (SSSR count). The predicted molar refractivity (Wildman–Crippen MR) is 89.7 cm³/mol. The zero-order chi connectivity index (χ0) is 14.5. The van der Waals surface area contributed by atoms with E-state index in [0.29, 0.717) is 5.11 Å². The molecule has 2 aromatic carbocycles. The number of hydrogen-bond acceptors (Lipinski definition) is 3. The molecular weight excluding hydrogens is 282 g/mol. The minimum atomic E-state index is 0.648. The summed E-state index contributed by atoms with van der Waals surface area (Å²) < 4.78 is 5.30. The van der Waals surface area contributed by atoms with Gasteiger partial charge in [-0.15, -0.1) is 0 Å². The van der Waals surface area contributed by atoms with Crippen molar-refractivity contribution in [1.29, 1.82) is 0 Å². The van der Waals surface area contributed by atoms with E-state index in [1.807, 2.05) is 18.2 Å². The van der Waals surface area contributed by atoms with Gasteiger partial charge in [0.15, 0.2) is 5.11 Å². The first-order chi connectivity index (χ1) is 10.3. The van der Waals surface area contributed by atoms with Crippen LogP contribution in [0.4, 0.5) is 0 Å². The number of thiocarbonyl (C=S) groups is 1. The van der Waals surface area contributed by atoms with Crippen LogP contribution >= 0.6 is 12.2 Å². The molecule has 1 aliphatic rings. The van der Waals surface area contributed by atoms with E-state index in [1.54, 1.807) is 6.21 Å². The number of nitrogens with one attached hydrogen (secondary N) is 1. The summed E-state index contributed by atoms with van der Waals surface area (Å²) in [5.74, 6) is 0. The number of nitrogens with zero attached hydrogens (tertiary/aromatic N) is 2. The number of rotatable bonds is 2. The van der Waals surface area contributed by atoms with Crippen molar-refractivity contribution in [1.82, 2.24) is 10.3 Å². The van der Waals surface area contributed by atoms with Gasteiger partial charge in [-0.25, -0.2) is 0 Å². The van der Waals surface area contributed by atoms with E-state index < -0.39 is 0 Å². The van der Waals surface area contributed by atoms with E-state index in [0.717, 1.165) is 31.9 Å². The fourth-order valence-electron chi connectivity index (χ4n) is 2.29. The smallest absolute Gasteiger partial charge is 0.189 e. The molecule has 0 amide bonds. The monoisotopic (exact) mass is 299 g/mol. The van der Waals surface area contributed by atoms with Crippen LogP contribution in [0.5, 0.6) is 0 Å². The van der Waals surface area contributed by atoms with Crippen molar-refractivity contribution in [2.75, 3.05) is 26.3 Å². The fourth-order valence-corrected chi connectivity index (χ4v) is 2.52. The molecule has 0 aromatic heterocycles. The first-order valence-corrected chi connectivity index (χ1v) is 7.38. The van der Waals surface area contributed by atoms with Gasteiger partial charge >= 0.3 is 0 Å². The van der Waals surface area contributed by atoms with Crippen molar-refractivity contribution in [2.24, 2.45) is 5.10 Å². The highest BCUT2D eigenvalue weighted by atomic mass is 32.1. The fraction of sp³-hybridized carbons (Fsp3) is 0.250. The lowest BCUT2D eigenvalue weighted by Crippen LogP contribution is -2.44. The first-order valence-electron chi connectivity index (χ1n) is 6.97. The summed E-state index contributed by atoms with van der Waals surface area (Å²) >= 11 is 5.31. The van der Waals surface area contributed by atoms with Crippen LogP contribution in [-0.4, -0.2) is 42.5 Å². The lowest BCUT2D eigenvalue weighted by Gasteiger charge is -2.28. The highest BCUT2D eigenvalue weighted by Gasteiger charge is 2.12. The van der Waals surface area contributed by atoms with Crippen molar-refractivity contribution in [3.05, 3.63) is 48.0 Å². The summed E-state index contributed by atoms with van der Waals surface area (Å²) in [5.41, 5.74) is 3.97. The van der Waals surface area contributed by atoms with Gasteiger partial charge in [0, 0.05) is 13.1 Å². The van der Waals surface area contributed by atoms with Crippen LogP contribution in [-0.2, 0) is 4.74 Å². The normalized spacial score (nSPS) is 15.5. The van der Waals surface area contributed by atoms with Crippen molar-refractivity contribution in [3.8, 4) is 0 Å². The van der Waals surface area contributed by atoms with Gasteiger partial charge in [-0.05, 0) is 34.6 Å². The van der Waals surface area contributed by atoms with E-state index in [2.05, 4.69) is 39.7 Å². The summed E-state index contributed by atoms with van der Waals surface area (Å²) in [6.07, 6.45) is 1.79. The average molecular weight is 299 g/mol. The maximum absolute atomic E-state index is 5.31.